The molecule has 6 heteroatoms. The second-order valence-electron chi connectivity index (χ2n) is 5.41. The number of benzene rings is 1. The third-order valence-corrected chi connectivity index (χ3v) is 5.41. The first-order chi connectivity index (χ1) is 9.38. The van der Waals surface area contributed by atoms with Gasteiger partial charge in [0.15, 0.2) is 9.84 Å². The Bertz CT molecular complexity index is 590. The molecule has 2 rings (SSSR count). The first kappa shape index (κ1) is 15.0. The van der Waals surface area contributed by atoms with Crippen molar-refractivity contribution in [3.8, 4) is 0 Å². The highest BCUT2D eigenvalue weighted by atomic mass is 32.2. The number of hydrogen-bond donors (Lipinski definition) is 2. The van der Waals surface area contributed by atoms with Crippen molar-refractivity contribution < 1.29 is 8.42 Å². The molecule has 3 N–H and O–H groups in total. The normalized spacial score (nSPS) is 18.1. The number of nitrogens with two attached hydrogens (primary N) is 1. The van der Waals surface area contributed by atoms with E-state index in [1.807, 2.05) is 17.9 Å². The van der Waals surface area contributed by atoms with E-state index in [1.165, 1.54) is 0 Å². The van der Waals surface area contributed by atoms with Crippen molar-refractivity contribution in [2.45, 2.75) is 24.7 Å². The number of amidine groups is 1. The molecular weight excluding hydrogens is 274 g/mol. The first-order valence-electron chi connectivity index (χ1n) is 6.74. The molecule has 0 atom stereocenters. The van der Waals surface area contributed by atoms with E-state index in [-0.39, 0.29) is 17.6 Å². The molecule has 20 heavy (non-hydrogen) atoms. The third kappa shape index (κ3) is 3.58. The van der Waals surface area contributed by atoms with Crippen LogP contribution in [-0.2, 0) is 9.84 Å². The van der Waals surface area contributed by atoms with Gasteiger partial charge in [0.1, 0.15) is 5.88 Å². The van der Waals surface area contributed by atoms with Crippen LogP contribution in [0, 0.1) is 18.3 Å². The Hall–Kier alpha value is -1.40. The summed E-state index contributed by atoms with van der Waals surface area (Å²) in [7, 11) is -3.28. The zero-order chi connectivity index (χ0) is 14.8. The molecule has 1 aromatic carbocycles. The van der Waals surface area contributed by atoms with Crippen molar-refractivity contribution >= 4 is 15.7 Å². The topological polar surface area (TPSA) is 87.2 Å². The van der Waals surface area contributed by atoms with Gasteiger partial charge in [0.2, 0.25) is 0 Å². The molecule has 1 heterocycles. The van der Waals surface area contributed by atoms with Crippen LogP contribution < -0.4 is 5.73 Å². The Morgan fingerprint density at radius 2 is 2.05 bits per heavy atom. The molecular formula is C14H21N3O2S. The van der Waals surface area contributed by atoms with Crippen molar-refractivity contribution in [1.82, 2.24) is 4.90 Å². The second kappa shape index (κ2) is 5.93. The lowest BCUT2D eigenvalue weighted by molar-refractivity contribution is 0.237. The van der Waals surface area contributed by atoms with Crippen LogP contribution in [0.2, 0.25) is 0 Å². The van der Waals surface area contributed by atoms with Crippen molar-refractivity contribution in [2.24, 2.45) is 11.7 Å². The molecule has 0 radical (unpaired) electrons. The van der Waals surface area contributed by atoms with Gasteiger partial charge in [0.25, 0.3) is 0 Å². The second-order valence-corrected chi connectivity index (χ2v) is 7.37. The van der Waals surface area contributed by atoms with Crippen molar-refractivity contribution in [1.29, 1.82) is 5.41 Å². The van der Waals surface area contributed by atoms with Gasteiger partial charge in [-0.3, -0.25) is 10.3 Å². The van der Waals surface area contributed by atoms with Crippen LogP contribution in [0.4, 0.5) is 0 Å². The maximum atomic E-state index is 12.4. The van der Waals surface area contributed by atoms with Crippen LogP contribution in [0.3, 0.4) is 0 Å². The molecule has 1 fully saturated rings. The molecule has 0 amide bonds. The molecule has 5 nitrogen and oxygen atoms in total. The molecule has 110 valence electrons. The summed E-state index contributed by atoms with van der Waals surface area (Å²) in [5.41, 5.74) is 6.44. The lowest BCUT2D eigenvalue weighted by Crippen LogP contribution is -2.40. The summed E-state index contributed by atoms with van der Waals surface area (Å²) in [4.78, 5) is 2.31. The SMILES string of the molecule is Cc1cccc(S(=O)(=O)CN2CCC(C(=N)N)CC2)c1. The summed E-state index contributed by atoms with van der Waals surface area (Å²) < 4.78 is 24.7. The van der Waals surface area contributed by atoms with E-state index >= 15 is 0 Å². The number of rotatable bonds is 4. The van der Waals surface area contributed by atoms with E-state index in [2.05, 4.69) is 0 Å². The summed E-state index contributed by atoms with van der Waals surface area (Å²) in [5.74, 6) is 0.361. The standard InChI is InChI=1S/C14H21N3O2S/c1-11-3-2-4-13(9-11)20(18,19)10-17-7-5-12(6-8-17)14(15)16/h2-4,9,12H,5-8,10H2,1H3,(H3,15,16). The van der Waals surface area contributed by atoms with E-state index in [9.17, 15) is 8.42 Å². The average Bonchev–Trinajstić information content (AvgIpc) is 2.39. The van der Waals surface area contributed by atoms with E-state index in [0.29, 0.717) is 18.0 Å². The minimum atomic E-state index is -3.28. The minimum absolute atomic E-state index is 0.0427. The smallest absolute Gasteiger partial charge is 0.191 e. The summed E-state index contributed by atoms with van der Waals surface area (Å²) in [6, 6.07) is 7.00. The van der Waals surface area contributed by atoms with Gasteiger partial charge in [-0.05, 0) is 50.6 Å². The molecule has 0 spiro atoms. The minimum Gasteiger partial charge on any atom is -0.387 e. The maximum absolute atomic E-state index is 12.4. The van der Waals surface area contributed by atoms with Crippen LogP contribution >= 0.6 is 0 Å². The van der Waals surface area contributed by atoms with Gasteiger partial charge in [-0.15, -0.1) is 0 Å². The number of hydrogen-bond acceptors (Lipinski definition) is 4. The fraction of sp³-hybridized carbons (Fsp3) is 0.500. The predicted molar refractivity (Wildman–Crippen MR) is 79.4 cm³/mol. The van der Waals surface area contributed by atoms with Gasteiger partial charge in [-0.25, -0.2) is 8.42 Å². The van der Waals surface area contributed by atoms with Crippen molar-refractivity contribution in [3.05, 3.63) is 29.8 Å². The van der Waals surface area contributed by atoms with Gasteiger partial charge in [0, 0.05) is 5.92 Å². The van der Waals surface area contributed by atoms with Gasteiger partial charge >= 0.3 is 0 Å². The summed E-state index contributed by atoms with van der Waals surface area (Å²) in [6.45, 7) is 3.24. The first-order valence-corrected chi connectivity index (χ1v) is 8.39. The largest absolute Gasteiger partial charge is 0.387 e. The highest BCUT2D eigenvalue weighted by molar-refractivity contribution is 7.91. The lowest BCUT2D eigenvalue weighted by atomic mass is 9.96. The summed E-state index contributed by atoms with van der Waals surface area (Å²) in [5, 5.41) is 7.43. The van der Waals surface area contributed by atoms with Crippen molar-refractivity contribution in [3.63, 3.8) is 0 Å². The predicted octanol–water partition coefficient (Wildman–Crippen LogP) is 1.37. The zero-order valence-corrected chi connectivity index (χ0v) is 12.5. The molecule has 0 aromatic heterocycles. The monoisotopic (exact) mass is 295 g/mol. The van der Waals surface area contributed by atoms with Crippen LogP contribution in [0.5, 0.6) is 0 Å². The molecule has 0 unspecified atom stereocenters. The number of nitrogens with zero attached hydrogens (tertiary/aromatic N) is 1. The van der Waals surface area contributed by atoms with Gasteiger partial charge < -0.3 is 5.73 Å². The number of aryl methyl sites for hydroxylation is 1. The molecule has 0 aliphatic carbocycles. The van der Waals surface area contributed by atoms with E-state index in [0.717, 1.165) is 18.4 Å². The number of piperidine rings is 1. The summed E-state index contributed by atoms with van der Waals surface area (Å²) in [6.07, 6.45) is 1.53. The molecule has 1 aromatic rings. The Morgan fingerprint density at radius 3 is 2.60 bits per heavy atom. The Kier molecular flexibility index (Phi) is 4.45. The van der Waals surface area contributed by atoms with Crippen LogP contribution in [-0.4, -0.2) is 38.1 Å². The highest BCUT2D eigenvalue weighted by Gasteiger charge is 2.25. The van der Waals surface area contributed by atoms with E-state index < -0.39 is 9.84 Å². The fourth-order valence-electron chi connectivity index (χ4n) is 2.50. The van der Waals surface area contributed by atoms with E-state index in [1.54, 1.807) is 18.2 Å². The maximum Gasteiger partial charge on any atom is 0.191 e. The van der Waals surface area contributed by atoms with Crippen molar-refractivity contribution in [2.75, 3.05) is 19.0 Å². The lowest BCUT2D eigenvalue weighted by Gasteiger charge is -2.30. The van der Waals surface area contributed by atoms with Gasteiger partial charge in [-0.2, -0.15) is 0 Å². The van der Waals surface area contributed by atoms with Gasteiger partial charge in [0.05, 0.1) is 10.7 Å². The van der Waals surface area contributed by atoms with Gasteiger partial charge in [-0.1, -0.05) is 12.1 Å². The average molecular weight is 295 g/mol. The quantitative estimate of drug-likeness (QED) is 0.649. The molecule has 1 aliphatic heterocycles. The number of likely N-dealkylation sites (tertiary alicyclic amines) is 1. The Labute approximate surface area is 120 Å². The Morgan fingerprint density at radius 1 is 1.40 bits per heavy atom. The number of sulfone groups is 1. The zero-order valence-electron chi connectivity index (χ0n) is 11.7. The van der Waals surface area contributed by atoms with Crippen LogP contribution in [0.1, 0.15) is 18.4 Å². The molecule has 0 saturated carbocycles. The Balaban J connectivity index is 2.02. The molecule has 1 saturated heterocycles. The summed E-state index contributed by atoms with van der Waals surface area (Å²) >= 11 is 0. The molecule has 1 aliphatic rings. The van der Waals surface area contributed by atoms with E-state index in [4.69, 9.17) is 11.1 Å². The molecule has 0 bridgehead atoms. The number of nitrogens with one attached hydrogen (secondary N) is 1. The fourth-order valence-corrected chi connectivity index (χ4v) is 4.04. The third-order valence-electron chi connectivity index (χ3n) is 3.73. The van der Waals surface area contributed by atoms with Crippen LogP contribution in [0.25, 0.3) is 0 Å². The van der Waals surface area contributed by atoms with Crippen LogP contribution in [0.15, 0.2) is 29.2 Å². The highest BCUT2D eigenvalue weighted by Crippen LogP contribution is 2.20.